The van der Waals surface area contributed by atoms with Crippen LogP contribution in [0, 0.1) is 0 Å². The maximum atomic E-state index is 11.3. The number of hydrogen-bond donors (Lipinski definition) is 0. The topological polar surface area (TPSA) is 57.2 Å². The van der Waals surface area contributed by atoms with Crippen LogP contribution in [0.3, 0.4) is 0 Å². The van der Waals surface area contributed by atoms with E-state index in [1.165, 1.54) is 0 Å². The summed E-state index contributed by atoms with van der Waals surface area (Å²) in [4.78, 5) is 25.0. The van der Waals surface area contributed by atoms with Gasteiger partial charge in [-0.15, -0.1) is 11.6 Å². The summed E-state index contributed by atoms with van der Waals surface area (Å²) in [5.41, 5.74) is 0.201. The normalized spacial score (nSPS) is 16.3. The van der Waals surface area contributed by atoms with Crippen molar-refractivity contribution < 1.29 is 24.2 Å². The van der Waals surface area contributed by atoms with Crippen molar-refractivity contribution in [1.82, 2.24) is 5.23 Å². The Balaban J connectivity index is 2.20. The van der Waals surface area contributed by atoms with E-state index in [0.717, 1.165) is 5.23 Å². The molecule has 1 heterocycles. The predicted octanol–water partition coefficient (Wildman–Crippen LogP) is 0.382. The standard InChI is InChI=1S/C9H13NO5/c1-3-5-12-7-8(2)9(11)14-10-4-6-13-15-10/h3H,1-2,4-7H2. The summed E-state index contributed by atoms with van der Waals surface area (Å²) in [5, 5.41) is 0.945. The summed E-state index contributed by atoms with van der Waals surface area (Å²) < 4.78 is 5.02. The summed E-state index contributed by atoms with van der Waals surface area (Å²) in [6.45, 7) is 8.16. The van der Waals surface area contributed by atoms with Gasteiger partial charge in [0.1, 0.15) is 6.61 Å². The van der Waals surface area contributed by atoms with Crippen LogP contribution < -0.4 is 0 Å². The van der Waals surface area contributed by atoms with Crippen molar-refractivity contribution in [3.63, 3.8) is 0 Å². The molecule has 0 aromatic rings. The van der Waals surface area contributed by atoms with Crippen molar-refractivity contribution in [2.45, 2.75) is 0 Å². The van der Waals surface area contributed by atoms with Crippen LogP contribution in [-0.2, 0) is 24.2 Å². The highest BCUT2D eigenvalue weighted by Crippen LogP contribution is 2.05. The Bertz CT molecular complexity index is 247. The molecule has 0 unspecified atom stereocenters. The average Bonchev–Trinajstić information content (AvgIpc) is 2.70. The molecule has 6 nitrogen and oxygen atoms in total. The number of hydrogen-bond acceptors (Lipinski definition) is 6. The first-order valence-electron chi connectivity index (χ1n) is 4.40. The van der Waals surface area contributed by atoms with E-state index in [1.54, 1.807) is 6.08 Å². The largest absolute Gasteiger partial charge is 0.372 e. The monoisotopic (exact) mass is 215 g/mol. The van der Waals surface area contributed by atoms with Gasteiger partial charge in [0.15, 0.2) is 0 Å². The summed E-state index contributed by atoms with van der Waals surface area (Å²) in [6, 6.07) is 0. The van der Waals surface area contributed by atoms with Gasteiger partial charge < -0.3 is 9.57 Å². The van der Waals surface area contributed by atoms with Gasteiger partial charge in [0.25, 0.3) is 0 Å². The van der Waals surface area contributed by atoms with E-state index in [4.69, 9.17) is 9.57 Å². The SMILES string of the molecule is C=CCOCC(=C)C(=O)ON1CCOO1. The molecule has 84 valence electrons. The van der Waals surface area contributed by atoms with Crippen molar-refractivity contribution in [3.8, 4) is 0 Å². The molecular weight excluding hydrogens is 202 g/mol. The van der Waals surface area contributed by atoms with E-state index >= 15 is 0 Å². The molecule has 1 aliphatic rings. The van der Waals surface area contributed by atoms with Gasteiger partial charge in [-0.2, -0.15) is 0 Å². The molecule has 0 bridgehead atoms. The first-order chi connectivity index (χ1) is 7.24. The predicted molar refractivity (Wildman–Crippen MR) is 50.0 cm³/mol. The lowest BCUT2D eigenvalue weighted by Crippen LogP contribution is -2.25. The van der Waals surface area contributed by atoms with Crippen molar-refractivity contribution in [2.24, 2.45) is 0 Å². The van der Waals surface area contributed by atoms with Gasteiger partial charge in [-0.25, -0.2) is 9.68 Å². The molecule has 0 saturated carbocycles. The molecule has 0 aromatic heterocycles. The molecule has 0 spiro atoms. The lowest BCUT2D eigenvalue weighted by molar-refractivity contribution is -0.457. The van der Waals surface area contributed by atoms with Gasteiger partial charge in [0.05, 0.1) is 25.3 Å². The van der Waals surface area contributed by atoms with Gasteiger partial charge in [-0.3, -0.25) is 0 Å². The Hall–Kier alpha value is -1.21. The van der Waals surface area contributed by atoms with E-state index in [9.17, 15) is 4.79 Å². The van der Waals surface area contributed by atoms with Crippen LogP contribution in [0.5, 0.6) is 0 Å². The van der Waals surface area contributed by atoms with Crippen LogP contribution in [0.2, 0.25) is 0 Å². The Morgan fingerprint density at radius 3 is 3.00 bits per heavy atom. The first-order valence-corrected chi connectivity index (χ1v) is 4.40. The molecule has 1 rings (SSSR count). The summed E-state index contributed by atoms with van der Waals surface area (Å²) in [5.74, 6) is -0.607. The second kappa shape index (κ2) is 6.31. The van der Waals surface area contributed by atoms with Crippen LogP contribution in [0.1, 0.15) is 0 Å². The Morgan fingerprint density at radius 2 is 2.40 bits per heavy atom. The van der Waals surface area contributed by atoms with Gasteiger partial charge in [-0.05, 0) is 0 Å². The molecule has 0 aliphatic carbocycles. The second-order valence-corrected chi connectivity index (χ2v) is 2.74. The fraction of sp³-hybridized carbons (Fsp3) is 0.444. The zero-order chi connectivity index (χ0) is 11.1. The van der Waals surface area contributed by atoms with E-state index < -0.39 is 5.97 Å². The molecule has 0 N–H and O–H groups in total. The van der Waals surface area contributed by atoms with Crippen molar-refractivity contribution in [3.05, 3.63) is 24.8 Å². The fourth-order valence-corrected chi connectivity index (χ4v) is 0.787. The Morgan fingerprint density at radius 1 is 1.60 bits per heavy atom. The summed E-state index contributed by atoms with van der Waals surface area (Å²) in [6.07, 6.45) is 1.58. The van der Waals surface area contributed by atoms with Gasteiger partial charge in [0, 0.05) is 5.23 Å². The minimum atomic E-state index is -0.607. The summed E-state index contributed by atoms with van der Waals surface area (Å²) in [7, 11) is 0. The molecule has 1 aliphatic heterocycles. The lowest BCUT2D eigenvalue weighted by Gasteiger charge is -2.11. The number of carbonyl (C=O) groups is 1. The third-order valence-electron chi connectivity index (χ3n) is 1.48. The second-order valence-electron chi connectivity index (χ2n) is 2.74. The molecule has 6 heteroatoms. The van der Waals surface area contributed by atoms with E-state index in [-0.39, 0.29) is 12.2 Å². The summed E-state index contributed by atoms with van der Waals surface area (Å²) >= 11 is 0. The van der Waals surface area contributed by atoms with Crippen LogP contribution in [0.4, 0.5) is 0 Å². The van der Waals surface area contributed by atoms with E-state index in [1.807, 2.05) is 0 Å². The quantitative estimate of drug-likeness (QED) is 0.276. The third-order valence-corrected chi connectivity index (χ3v) is 1.48. The molecule has 0 radical (unpaired) electrons. The van der Waals surface area contributed by atoms with Gasteiger partial charge in [-0.1, -0.05) is 12.7 Å². The maximum Gasteiger partial charge on any atom is 0.357 e. The maximum absolute atomic E-state index is 11.3. The zero-order valence-corrected chi connectivity index (χ0v) is 8.31. The molecule has 0 aromatic carbocycles. The molecule has 0 amide bonds. The number of carbonyl (C=O) groups excluding carboxylic acids is 1. The van der Waals surface area contributed by atoms with Crippen molar-refractivity contribution in [1.29, 1.82) is 0 Å². The van der Waals surface area contributed by atoms with Crippen molar-refractivity contribution >= 4 is 5.97 Å². The van der Waals surface area contributed by atoms with E-state index in [2.05, 4.69) is 23.0 Å². The number of rotatable bonds is 6. The molecule has 0 atom stereocenters. The zero-order valence-electron chi connectivity index (χ0n) is 8.31. The fourth-order valence-electron chi connectivity index (χ4n) is 0.787. The van der Waals surface area contributed by atoms with E-state index in [0.29, 0.717) is 19.8 Å². The van der Waals surface area contributed by atoms with Gasteiger partial charge >= 0.3 is 5.97 Å². The highest BCUT2D eigenvalue weighted by Gasteiger charge is 2.20. The highest BCUT2D eigenvalue weighted by molar-refractivity contribution is 5.87. The molecule has 15 heavy (non-hydrogen) atoms. The minimum Gasteiger partial charge on any atom is -0.372 e. The number of nitrogens with zero attached hydrogens (tertiary/aromatic N) is 1. The first kappa shape index (κ1) is 11.9. The minimum absolute atomic E-state index is 0.0968. The smallest absolute Gasteiger partial charge is 0.357 e. The average molecular weight is 215 g/mol. The highest BCUT2D eigenvalue weighted by atomic mass is 17.3. The molecular formula is C9H13NO5. The Kier molecular flexibility index (Phi) is 4.99. The third kappa shape index (κ3) is 4.22. The lowest BCUT2D eigenvalue weighted by atomic mass is 10.3. The van der Waals surface area contributed by atoms with Crippen LogP contribution in [0.15, 0.2) is 24.8 Å². The molecule has 1 saturated heterocycles. The Labute approximate surface area is 87.5 Å². The number of ether oxygens (including phenoxy) is 1. The number of hydroxylamine groups is 2. The van der Waals surface area contributed by atoms with Gasteiger partial charge in [0.2, 0.25) is 0 Å². The van der Waals surface area contributed by atoms with Crippen LogP contribution >= 0.6 is 0 Å². The van der Waals surface area contributed by atoms with Crippen LogP contribution in [0.25, 0.3) is 0 Å². The van der Waals surface area contributed by atoms with Crippen LogP contribution in [-0.4, -0.2) is 37.6 Å². The van der Waals surface area contributed by atoms with Crippen molar-refractivity contribution in [2.75, 3.05) is 26.4 Å². The molecule has 1 fully saturated rings.